The number of H-pyrrole nitrogens is 1. The summed E-state index contributed by atoms with van der Waals surface area (Å²) in [5.74, 6) is 0.00523. The Morgan fingerprint density at radius 3 is 2.36 bits per heavy atom. The van der Waals surface area contributed by atoms with Crippen molar-refractivity contribution in [2.75, 3.05) is 5.32 Å². The number of nitrogens with one attached hydrogen (secondary N) is 2. The van der Waals surface area contributed by atoms with Gasteiger partial charge in [0.15, 0.2) is 0 Å². The third-order valence-electron chi connectivity index (χ3n) is 5.12. The highest BCUT2D eigenvalue weighted by atomic mass is 16.4. The van der Waals surface area contributed by atoms with Crippen molar-refractivity contribution in [2.24, 2.45) is 5.92 Å². The fourth-order valence-corrected chi connectivity index (χ4v) is 3.72. The van der Waals surface area contributed by atoms with Crippen molar-refractivity contribution in [3.63, 3.8) is 0 Å². The second kappa shape index (κ2) is 9.76. The number of tetrazole rings is 1. The van der Waals surface area contributed by atoms with Crippen molar-refractivity contribution in [3.05, 3.63) is 42.7 Å². The molecule has 1 atom stereocenters. The number of amides is 2. The van der Waals surface area contributed by atoms with Crippen LogP contribution in [-0.2, 0) is 4.79 Å². The molecule has 1 aromatic carbocycles. The highest BCUT2D eigenvalue weighted by Gasteiger charge is 2.38. The van der Waals surface area contributed by atoms with Gasteiger partial charge >= 0.3 is 6.09 Å². The lowest BCUT2D eigenvalue weighted by Crippen LogP contribution is -2.56. The molecular formula is C23H29N7O3. The minimum atomic E-state index is -1.14. The third-order valence-corrected chi connectivity index (χ3v) is 5.12. The molecule has 33 heavy (non-hydrogen) atoms. The van der Waals surface area contributed by atoms with Gasteiger partial charge in [-0.1, -0.05) is 19.9 Å². The van der Waals surface area contributed by atoms with Gasteiger partial charge in [-0.2, -0.15) is 5.21 Å². The summed E-state index contributed by atoms with van der Waals surface area (Å²) < 4.78 is 0. The molecular weight excluding hydrogens is 422 g/mol. The second-order valence-corrected chi connectivity index (χ2v) is 9.19. The van der Waals surface area contributed by atoms with Crippen molar-refractivity contribution in [3.8, 4) is 22.5 Å². The van der Waals surface area contributed by atoms with Gasteiger partial charge in [0.05, 0.1) is 5.69 Å². The quantitative estimate of drug-likeness (QED) is 0.492. The number of aromatic amines is 1. The van der Waals surface area contributed by atoms with Gasteiger partial charge in [-0.05, 0) is 73.7 Å². The van der Waals surface area contributed by atoms with Crippen LogP contribution in [0.4, 0.5) is 10.5 Å². The van der Waals surface area contributed by atoms with E-state index in [0.29, 0.717) is 23.5 Å². The molecule has 0 aliphatic heterocycles. The number of anilines is 1. The zero-order chi connectivity index (χ0) is 24.2. The van der Waals surface area contributed by atoms with Crippen LogP contribution >= 0.6 is 0 Å². The molecule has 2 aromatic heterocycles. The standard InChI is InChI=1S/C23H29N7O3/c1-14(2)12-19(30(22(32)33)23(3,4)5)21(31)25-18-7-6-16(15-8-10-24-11-9-15)13-17(18)20-26-28-29-27-20/h6-11,13-14,19H,12H2,1-5H3,(H,25,31)(H,32,33)(H,26,27,28,29). The van der Waals surface area contributed by atoms with Crippen molar-refractivity contribution >= 4 is 17.7 Å². The summed E-state index contributed by atoms with van der Waals surface area (Å²) in [6, 6.07) is 8.35. The Bertz CT molecular complexity index is 1090. The first-order valence-electron chi connectivity index (χ1n) is 10.7. The molecule has 3 aromatic rings. The first-order chi connectivity index (χ1) is 15.6. The molecule has 3 N–H and O–H groups in total. The zero-order valence-corrected chi connectivity index (χ0v) is 19.4. The van der Waals surface area contributed by atoms with E-state index in [4.69, 9.17) is 0 Å². The predicted octanol–water partition coefficient (Wildman–Crippen LogP) is 4.06. The number of pyridine rings is 1. The van der Waals surface area contributed by atoms with E-state index in [9.17, 15) is 14.7 Å². The van der Waals surface area contributed by atoms with Crippen LogP contribution in [0.25, 0.3) is 22.5 Å². The van der Waals surface area contributed by atoms with E-state index in [0.717, 1.165) is 11.1 Å². The molecule has 0 saturated heterocycles. The van der Waals surface area contributed by atoms with Gasteiger partial charge in [-0.3, -0.25) is 14.7 Å². The lowest BCUT2D eigenvalue weighted by atomic mass is 9.96. The Morgan fingerprint density at radius 1 is 1.12 bits per heavy atom. The maximum Gasteiger partial charge on any atom is 0.408 e. The summed E-state index contributed by atoms with van der Waals surface area (Å²) in [5.41, 5.74) is 2.09. The van der Waals surface area contributed by atoms with E-state index in [-0.39, 0.29) is 5.92 Å². The molecule has 2 heterocycles. The minimum absolute atomic E-state index is 0.107. The number of aromatic nitrogens is 5. The molecule has 10 heteroatoms. The summed E-state index contributed by atoms with van der Waals surface area (Å²) >= 11 is 0. The molecule has 0 aliphatic carbocycles. The Hall–Kier alpha value is -3.82. The topological polar surface area (TPSA) is 137 Å². The number of hydrogen-bond acceptors (Lipinski definition) is 6. The maximum absolute atomic E-state index is 13.4. The van der Waals surface area contributed by atoms with Crippen molar-refractivity contribution in [2.45, 2.75) is 52.6 Å². The van der Waals surface area contributed by atoms with Gasteiger partial charge in [0, 0.05) is 23.5 Å². The molecule has 3 rings (SSSR count). The first kappa shape index (κ1) is 23.8. The van der Waals surface area contributed by atoms with Crippen LogP contribution in [0.15, 0.2) is 42.7 Å². The van der Waals surface area contributed by atoms with Crippen LogP contribution in [0, 0.1) is 5.92 Å². The molecule has 174 valence electrons. The molecule has 0 spiro atoms. The normalized spacial score (nSPS) is 12.4. The summed E-state index contributed by atoms with van der Waals surface area (Å²) in [6.07, 6.45) is 2.63. The van der Waals surface area contributed by atoms with Crippen LogP contribution in [0.5, 0.6) is 0 Å². The molecule has 0 saturated carbocycles. The Morgan fingerprint density at radius 2 is 1.82 bits per heavy atom. The summed E-state index contributed by atoms with van der Waals surface area (Å²) in [4.78, 5) is 30.8. The zero-order valence-electron chi connectivity index (χ0n) is 19.4. The van der Waals surface area contributed by atoms with Gasteiger partial charge in [0.1, 0.15) is 6.04 Å². The van der Waals surface area contributed by atoms with Crippen LogP contribution in [0.2, 0.25) is 0 Å². The first-order valence-corrected chi connectivity index (χ1v) is 10.7. The number of carbonyl (C=O) groups is 2. The van der Waals surface area contributed by atoms with E-state index < -0.39 is 23.6 Å². The Kier molecular flexibility index (Phi) is 7.05. The fourth-order valence-electron chi connectivity index (χ4n) is 3.72. The molecule has 10 nitrogen and oxygen atoms in total. The van der Waals surface area contributed by atoms with E-state index in [1.54, 1.807) is 39.2 Å². The average Bonchev–Trinajstić information content (AvgIpc) is 3.27. The van der Waals surface area contributed by atoms with Crippen LogP contribution in [0.1, 0.15) is 41.0 Å². The number of benzene rings is 1. The number of carboxylic acid groups (broad SMARTS) is 1. The van der Waals surface area contributed by atoms with Gasteiger partial charge in [-0.15, -0.1) is 10.2 Å². The van der Waals surface area contributed by atoms with Crippen LogP contribution in [-0.4, -0.2) is 59.2 Å². The number of nitrogens with zero attached hydrogens (tertiary/aromatic N) is 5. The lowest BCUT2D eigenvalue weighted by molar-refractivity contribution is -0.123. The molecule has 1 unspecified atom stereocenters. The van der Waals surface area contributed by atoms with Gasteiger partial charge < -0.3 is 10.4 Å². The molecule has 0 aliphatic rings. The van der Waals surface area contributed by atoms with Gasteiger partial charge in [0.2, 0.25) is 11.7 Å². The Labute approximate surface area is 192 Å². The Balaban J connectivity index is 2.01. The van der Waals surface area contributed by atoms with Crippen LogP contribution < -0.4 is 5.32 Å². The number of rotatable bonds is 7. The maximum atomic E-state index is 13.4. The van der Waals surface area contributed by atoms with Crippen molar-refractivity contribution in [1.82, 2.24) is 30.5 Å². The molecule has 2 amide bonds. The third kappa shape index (κ3) is 5.71. The lowest BCUT2D eigenvalue weighted by Gasteiger charge is -2.39. The number of hydrogen-bond donors (Lipinski definition) is 3. The van der Waals surface area contributed by atoms with E-state index in [1.807, 2.05) is 38.1 Å². The molecule has 0 fully saturated rings. The van der Waals surface area contributed by atoms with E-state index in [2.05, 4.69) is 30.9 Å². The van der Waals surface area contributed by atoms with Gasteiger partial charge in [0.25, 0.3) is 0 Å². The highest BCUT2D eigenvalue weighted by Crippen LogP contribution is 2.31. The summed E-state index contributed by atoms with van der Waals surface area (Å²) in [7, 11) is 0. The molecule has 0 radical (unpaired) electrons. The molecule has 0 bridgehead atoms. The smallest absolute Gasteiger partial charge is 0.408 e. The number of carbonyl (C=O) groups excluding carboxylic acids is 1. The van der Waals surface area contributed by atoms with Crippen LogP contribution in [0.3, 0.4) is 0 Å². The van der Waals surface area contributed by atoms with Gasteiger partial charge in [-0.25, -0.2) is 4.79 Å². The van der Waals surface area contributed by atoms with Crippen molar-refractivity contribution < 1.29 is 14.7 Å². The van der Waals surface area contributed by atoms with Crippen molar-refractivity contribution in [1.29, 1.82) is 0 Å². The van der Waals surface area contributed by atoms with E-state index >= 15 is 0 Å². The average molecular weight is 452 g/mol. The largest absolute Gasteiger partial charge is 0.465 e. The summed E-state index contributed by atoms with van der Waals surface area (Å²) in [6.45, 7) is 9.23. The van der Waals surface area contributed by atoms with E-state index in [1.165, 1.54) is 4.90 Å². The predicted molar refractivity (Wildman–Crippen MR) is 124 cm³/mol. The highest BCUT2D eigenvalue weighted by molar-refractivity contribution is 6.00. The minimum Gasteiger partial charge on any atom is -0.465 e. The second-order valence-electron chi connectivity index (χ2n) is 9.19. The monoisotopic (exact) mass is 451 g/mol. The SMILES string of the molecule is CC(C)CC(C(=O)Nc1ccc(-c2ccncc2)cc1-c1nn[nH]n1)N(C(=O)O)C(C)(C)C. The summed E-state index contributed by atoms with van der Waals surface area (Å²) in [5, 5.41) is 27.0. The fraction of sp³-hybridized carbons (Fsp3) is 0.391.